The molecule has 3 aromatic rings. The maximum absolute atomic E-state index is 5.95. The minimum absolute atomic E-state index is 0.493. The van der Waals surface area contributed by atoms with E-state index in [1.54, 1.807) is 0 Å². The molecule has 0 saturated heterocycles. The van der Waals surface area contributed by atoms with Gasteiger partial charge in [0, 0.05) is 25.8 Å². The number of nitrogens with two attached hydrogens (primary N) is 1. The van der Waals surface area contributed by atoms with E-state index in [0.29, 0.717) is 6.54 Å². The quantitative estimate of drug-likeness (QED) is 0.772. The van der Waals surface area contributed by atoms with Crippen LogP contribution in [0.25, 0.3) is 5.65 Å². The van der Waals surface area contributed by atoms with Crippen molar-refractivity contribution in [1.82, 2.24) is 9.38 Å². The SMILES string of the molecule is NCc1c(N2Cc3ccccc3C2)nc2ccccn12. The molecule has 0 unspecified atom stereocenters. The largest absolute Gasteiger partial charge is 0.346 e. The molecule has 0 bridgehead atoms. The molecule has 2 aromatic heterocycles. The van der Waals surface area contributed by atoms with E-state index in [0.717, 1.165) is 30.2 Å². The number of rotatable bonds is 2. The van der Waals surface area contributed by atoms with E-state index >= 15 is 0 Å². The van der Waals surface area contributed by atoms with E-state index in [-0.39, 0.29) is 0 Å². The molecule has 0 saturated carbocycles. The van der Waals surface area contributed by atoms with Gasteiger partial charge in [0.1, 0.15) is 5.65 Å². The molecule has 4 heteroatoms. The van der Waals surface area contributed by atoms with Crippen LogP contribution >= 0.6 is 0 Å². The highest BCUT2D eigenvalue weighted by Crippen LogP contribution is 2.30. The zero-order chi connectivity index (χ0) is 13.5. The summed E-state index contributed by atoms with van der Waals surface area (Å²) in [6.45, 7) is 2.31. The maximum atomic E-state index is 5.95. The van der Waals surface area contributed by atoms with Gasteiger partial charge in [-0.1, -0.05) is 30.3 Å². The minimum Gasteiger partial charge on any atom is -0.346 e. The summed E-state index contributed by atoms with van der Waals surface area (Å²) < 4.78 is 2.08. The lowest BCUT2D eigenvalue weighted by atomic mass is 10.1. The molecule has 3 heterocycles. The first-order valence-corrected chi connectivity index (χ1v) is 6.84. The Morgan fingerprint density at radius 1 is 1.00 bits per heavy atom. The normalized spacial score (nSPS) is 13.9. The summed E-state index contributed by atoms with van der Waals surface area (Å²) in [5.41, 5.74) is 10.7. The van der Waals surface area contributed by atoms with Gasteiger partial charge < -0.3 is 15.0 Å². The molecule has 4 nitrogen and oxygen atoms in total. The zero-order valence-corrected chi connectivity index (χ0v) is 11.2. The van der Waals surface area contributed by atoms with Crippen LogP contribution < -0.4 is 10.6 Å². The monoisotopic (exact) mass is 264 g/mol. The highest BCUT2D eigenvalue weighted by atomic mass is 15.2. The number of fused-ring (bicyclic) bond motifs is 2. The predicted molar refractivity (Wildman–Crippen MR) is 79.4 cm³/mol. The highest BCUT2D eigenvalue weighted by Gasteiger charge is 2.23. The highest BCUT2D eigenvalue weighted by molar-refractivity contribution is 5.58. The van der Waals surface area contributed by atoms with Crippen LogP contribution in [0.2, 0.25) is 0 Å². The summed E-state index contributed by atoms with van der Waals surface area (Å²) in [5.74, 6) is 1.01. The number of benzene rings is 1. The van der Waals surface area contributed by atoms with Crippen LogP contribution in [0.5, 0.6) is 0 Å². The van der Waals surface area contributed by atoms with Gasteiger partial charge in [-0.3, -0.25) is 0 Å². The third-order valence-corrected chi connectivity index (χ3v) is 3.94. The molecule has 0 amide bonds. The van der Waals surface area contributed by atoms with Crippen molar-refractivity contribution in [3.63, 3.8) is 0 Å². The topological polar surface area (TPSA) is 46.6 Å². The number of aromatic nitrogens is 2. The number of pyridine rings is 1. The first-order valence-electron chi connectivity index (χ1n) is 6.84. The second kappa shape index (κ2) is 4.35. The van der Waals surface area contributed by atoms with Crippen LogP contribution in [0.15, 0.2) is 48.7 Å². The van der Waals surface area contributed by atoms with Gasteiger partial charge in [0.25, 0.3) is 0 Å². The van der Waals surface area contributed by atoms with E-state index in [9.17, 15) is 0 Å². The van der Waals surface area contributed by atoms with Crippen molar-refractivity contribution in [2.75, 3.05) is 4.90 Å². The first kappa shape index (κ1) is 11.5. The van der Waals surface area contributed by atoms with E-state index in [4.69, 9.17) is 10.7 Å². The summed E-state index contributed by atoms with van der Waals surface area (Å²) in [6, 6.07) is 14.6. The molecule has 0 fully saturated rings. The molecular weight excluding hydrogens is 248 g/mol. The van der Waals surface area contributed by atoms with Crippen LogP contribution in [0.3, 0.4) is 0 Å². The molecule has 20 heavy (non-hydrogen) atoms. The van der Waals surface area contributed by atoms with Crippen LogP contribution in [0.1, 0.15) is 16.8 Å². The molecule has 1 aliphatic rings. The van der Waals surface area contributed by atoms with E-state index in [2.05, 4.69) is 33.6 Å². The molecular formula is C16H16N4. The van der Waals surface area contributed by atoms with Crippen molar-refractivity contribution >= 4 is 11.5 Å². The average Bonchev–Trinajstić information content (AvgIpc) is 3.07. The summed E-state index contributed by atoms with van der Waals surface area (Å²) in [5, 5.41) is 0. The molecule has 4 rings (SSSR count). The molecule has 2 N–H and O–H groups in total. The van der Waals surface area contributed by atoms with Gasteiger partial charge in [-0.25, -0.2) is 4.98 Å². The van der Waals surface area contributed by atoms with Crippen molar-refractivity contribution in [2.45, 2.75) is 19.6 Å². The number of anilines is 1. The van der Waals surface area contributed by atoms with Crippen LogP contribution in [-0.2, 0) is 19.6 Å². The van der Waals surface area contributed by atoms with Gasteiger partial charge in [0.05, 0.1) is 5.69 Å². The van der Waals surface area contributed by atoms with E-state index < -0.39 is 0 Å². The lowest BCUT2D eigenvalue weighted by molar-refractivity contribution is 0.839. The van der Waals surface area contributed by atoms with Crippen molar-refractivity contribution in [3.05, 3.63) is 65.5 Å². The lowest BCUT2D eigenvalue weighted by Crippen LogP contribution is -2.18. The third-order valence-electron chi connectivity index (χ3n) is 3.94. The van der Waals surface area contributed by atoms with Gasteiger partial charge in [-0.2, -0.15) is 0 Å². The average molecular weight is 264 g/mol. The number of hydrogen-bond donors (Lipinski definition) is 1. The second-order valence-electron chi connectivity index (χ2n) is 5.14. The summed E-state index contributed by atoms with van der Waals surface area (Å²) in [6.07, 6.45) is 2.03. The van der Waals surface area contributed by atoms with Crippen LogP contribution in [0, 0.1) is 0 Å². The lowest BCUT2D eigenvalue weighted by Gasteiger charge is -2.16. The van der Waals surface area contributed by atoms with Crippen LogP contribution in [0.4, 0.5) is 5.82 Å². The molecule has 1 aliphatic heterocycles. The number of hydrogen-bond acceptors (Lipinski definition) is 3. The van der Waals surface area contributed by atoms with E-state index in [1.165, 1.54) is 11.1 Å². The van der Waals surface area contributed by atoms with Crippen molar-refractivity contribution in [2.24, 2.45) is 5.73 Å². The molecule has 100 valence electrons. The fourth-order valence-electron chi connectivity index (χ4n) is 2.96. The smallest absolute Gasteiger partial charge is 0.153 e. The Balaban J connectivity index is 1.80. The Kier molecular flexibility index (Phi) is 2.50. The Labute approximate surface area is 117 Å². The fourth-order valence-corrected chi connectivity index (χ4v) is 2.96. The van der Waals surface area contributed by atoms with Gasteiger partial charge in [-0.15, -0.1) is 0 Å². The maximum Gasteiger partial charge on any atom is 0.153 e. The third kappa shape index (κ3) is 1.62. The Morgan fingerprint density at radius 2 is 1.70 bits per heavy atom. The van der Waals surface area contributed by atoms with E-state index in [1.807, 2.05) is 24.4 Å². The predicted octanol–water partition coefficient (Wildman–Crippen LogP) is 2.31. The Bertz CT molecular complexity index is 750. The van der Waals surface area contributed by atoms with Gasteiger partial charge >= 0.3 is 0 Å². The molecule has 0 aliphatic carbocycles. The van der Waals surface area contributed by atoms with Crippen LogP contribution in [-0.4, -0.2) is 9.38 Å². The number of nitrogens with zero attached hydrogens (tertiary/aromatic N) is 3. The second-order valence-corrected chi connectivity index (χ2v) is 5.14. The molecule has 1 aromatic carbocycles. The Hall–Kier alpha value is -2.33. The van der Waals surface area contributed by atoms with Gasteiger partial charge in [0.15, 0.2) is 5.82 Å². The fraction of sp³-hybridized carbons (Fsp3) is 0.188. The minimum atomic E-state index is 0.493. The number of imidazole rings is 1. The first-order chi connectivity index (χ1) is 9.86. The van der Waals surface area contributed by atoms with Crippen molar-refractivity contribution in [1.29, 1.82) is 0 Å². The molecule has 0 radical (unpaired) electrons. The van der Waals surface area contributed by atoms with Gasteiger partial charge in [-0.05, 0) is 23.3 Å². The van der Waals surface area contributed by atoms with Crippen molar-refractivity contribution < 1.29 is 0 Å². The molecule has 0 atom stereocenters. The summed E-state index contributed by atoms with van der Waals surface area (Å²) in [4.78, 5) is 7.06. The Morgan fingerprint density at radius 3 is 2.40 bits per heavy atom. The standard InChI is InChI=1S/C16H16N4/c17-9-14-16(18-15-7-3-4-8-20(14)15)19-10-12-5-1-2-6-13(12)11-19/h1-8H,9-11,17H2. The summed E-state index contributed by atoms with van der Waals surface area (Å²) in [7, 11) is 0. The zero-order valence-electron chi connectivity index (χ0n) is 11.2. The summed E-state index contributed by atoms with van der Waals surface area (Å²) >= 11 is 0. The van der Waals surface area contributed by atoms with Crippen molar-refractivity contribution in [3.8, 4) is 0 Å². The molecule has 0 spiro atoms. The van der Waals surface area contributed by atoms with Gasteiger partial charge in [0.2, 0.25) is 0 Å².